The highest BCUT2D eigenvalue weighted by Crippen LogP contribution is 2.32. The molecule has 1 aromatic carbocycles. The van der Waals surface area contributed by atoms with E-state index in [-0.39, 0.29) is 11.8 Å². The summed E-state index contributed by atoms with van der Waals surface area (Å²) in [5.41, 5.74) is 2.83. The normalized spacial score (nSPS) is 18.7. The van der Waals surface area contributed by atoms with Gasteiger partial charge in [0.05, 0.1) is 6.42 Å². The van der Waals surface area contributed by atoms with Gasteiger partial charge in [-0.2, -0.15) is 0 Å². The number of fused-ring (bicyclic) bond motifs is 1. The van der Waals surface area contributed by atoms with Crippen LogP contribution in [0.1, 0.15) is 31.4 Å². The van der Waals surface area contributed by atoms with Gasteiger partial charge < -0.3 is 5.11 Å². The Bertz CT molecular complexity index is 426. The molecule has 92 valence electrons. The standard InChI is InChI=1S/C14H19NO2/c1-14(2)10-15(8-7-13(16)17)9-11-5-3-4-6-12(11)14/h3-6H,7-10H2,1-2H3,(H,16,17). The van der Waals surface area contributed by atoms with Gasteiger partial charge in [0.1, 0.15) is 0 Å². The molecule has 2 rings (SSSR count). The maximum Gasteiger partial charge on any atom is 0.304 e. The van der Waals surface area contributed by atoms with Crippen LogP contribution in [0.3, 0.4) is 0 Å². The molecule has 1 heterocycles. The molecule has 1 N–H and O–H groups in total. The van der Waals surface area contributed by atoms with Crippen LogP contribution >= 0.6 is 0 Å². The quantitative estimate of drug-likeness (QED) is 0.870. The van der Waals surface area contributed by atoms with Gasteiger partial charge in [-0.15, -0.1) is 0 Å². The molecule has 0 aliphatic carbocycles. The first-order valence-electron chi connectivity index (χ1n) is 6.01. The van der Waals surface area contributed by atoms with E-state index in [0.29, 0.717) is 6.54 Å². The Balaban J connectivity index is 2.16. The lowest BCUT2D eigenvalue weighted by Crippen LogP contribution is -2.42. The summed E-state index contributed by atoms with van der Waals surface area (Å²) in [5.74, 6) is -0.721. The number of carbonyl (C=O) groups is 1. The second-order valence-electron chi connectivity index (χ2n) is 5.40. The molecule has 1 aromatic rings. The van der Waals surface area contributed by atoms with Crippen LogP contribution in [-0.2, 0) is 16.8 Å². The van der Waals surface area contributed by atoms with Crippen molar-refractivity contribution in [3.8, 4) is 0 Å². The number of rotatable bonds is 3. The predicted octanol–water partition coefficient (Wildman–Crippen LogP) is 2.25. The molecule has 0 amide bonds. The van der Waals surface area contributed by atoms with Crippen molar-refractivity contribution in [1.29, 1.82) is 0 Å². The van der Waals surface area contributed by atoms with Crippen molar-refractivity contribution in [3.05, 3.63) is 35.4 Å². The predicted molar refractivity (Wildman–Crippen MR) is 67.0 cm³/mol. The highest BCUT2D eigenvalue weighted by atomic mass is 16.4. The summed E-state index contributed by atoms with van der Waals surface area (Å²) in [5, 5.41) is 8.74. The van der Waals surface area contributed by atoms with Crippen LogP contribution in [0.2, 0.25) is 0 Å². The molecule has 0 fully saturated rings. The van der Waals surface area contributed by atoms with Crippen molar-refractivity contribution in [2.24, 2.45) is 0 Å². The smallest absolute Gasteiger partial charge is 0.304 e. The highest BCUT2D eigenvalue weighted by Gasteiger charge is 2.31. The van der Waals surface area contributed by atoms with Crippen LogP contribution in [0.25, 0.3) is 0 Å². The minimum Gasteiger partial charge on any atom is -0.481 e. The van der Waals surface area contributed by atoms with Gasteiger partial charge in [0.15, 0.2) is 0 Å². The van der Waals surface area contributed by atoms with Crippen LogP contribution in [-0.4, -0.2) is 29.1 Å². The van der Waals surface area contributed by atoms with Gasteiger partial charge in [0.2, 0.25) is 0 Å². The number of carboxylic acid groups (broad SMARTS) is 1. The molecule has 1 aliphatic heterocycles. The zero-order chi connectivity index (χ0) is 12.5. The van der Waals surface area contributed by atoms with E-state index in [4.69, 9.17) is 5.11 Å². The van der Waals surface area contributed by atoms with E-state index in [1.165, 1.54) is 11.1 Å². The number of nitrogens with zero attached hydrogens (tertiary/aromatic N) is 1. The average Bonchev–Trinajstić information content (AvgIpc) is 2.25. The third-order valence-electron chi connectivity index (χ3n) is 3.40. The first kappa shape index (κ1) is 12.1. The second-order valence-corrected chi connectivity index (χ2v) is 5.40. The van der Waals surface area contributed by atoms with Crippen LogP contribution in [0, 0.1) is 0 Å². The number of benzene rings is 1. The molecule has 0 spiro atoms. The van der Waals surface area contributed by atoms with Crippen LogP contribution in [0.4, 0.5) is 0 Å². The van der Waals surface area contributed by atoms with E-state index in [2.05, 4.69) is 43.0 Å². The molecule has 0 unspecified atom stereocenters. The maximum absolute atomic E-state index is 10.6. The lowest BCUT2D eigenvalue weighted by molar-refractivity contribution is -0.137. The van der Waals surface area contributed by atoms with Gasteiger partial charge in [0.25, 0.3) is 0 Å². The fourth-order valence-electron chi connectivity index (χ4n) is 2.67. The van der Waals surface area contributed by atoms with E-state index in [0.717, 1.165) is 13.1 Å². The summed E-state index contributed by atoms with van der Waals surface area (Å²) in [6.07, 6.45) is 0.220. The summed E-state index contributed by atoms with van der Waals surface area (Å²) in [4.78, 5) is 12.9. The van der Waals surface area contributed by atoms with Crippen molar-refractivity contribution in [2.45, 2.75) is 32.2 Å². The molecule has 0 radical (unpaired) electrons. The van der Waals surface area contributed by atoms with Gasteiger partial charge in [-0.05, 0) is 11.1 Å². The number of hydrogen-bond acceptors (Lipinski definition) is 2. The fraction of sp³-hybridized carbons (Fsp3) is 0.500. The van der Waals surface area contributed by atoms with E-state index < -0.39 is 5.97 Å². The molecule has 0 aromatic heterocycles. The molecule has 17 heavy (non-hydrogen) atoms. The summed E-state index contributed by atoms with van der Waals surface area (Å²) in [6.45, 7) is 6.87. The molecule has 1 aliphatic rings. The molecular formula is C14H19NO2. The molecule has 0 saturated carbocycles. The Morgan fingerprint density at radius 2 is 2.12 bits per heavy atom. The largest absolute Gasteiger partial charge is 0.481 e. The lowest BCUT2D eigenvalue weighted by Gasteiger charge is -2.39. The first-order chi connectivity index (χ1) is 7.99. The molecule has 0 saturated heterocycles. The lowest BCUT2D eigenvalue weighted by atomic mass is 9.78. The van der Waals surface area contributed by atoms with Crippen LogP contribution in [0.15, 0.2) is 24.3 Å². The third kappa shape index (κ3) is 2.67. The topological polar surface area (TPSA) is 40.5 Å². The molecule has 0 atom stereocenters. The Hall–Kier alpha value is -1.35. The van der Waals surface area contributed by atoms with Crippen LogP contribution in [0.5, 0.6) is 0 Å². The van der Waals surface area contributed by atoms with E-state index in [1.54, 1.807) is 0 Å². The summed E-state index contributed by atoms with van der Waals surface area (Å²) < 4.78 is 0. The number of carboxylic acids is 1. The monoisotopic (exact) mass is 233 g/mol. The molecule has 3 heteroatoms. The van der Waals surface area contributed by atoms with Crippen molar-refractivity contribution in [2.75, 3.05) is 13.1 Å². The summed E-state index contributed by atoms with van der Waals surface area (Å²) in [7, 11) is 0. The van der Waals surface area contributed by atoms with Gasteiger partial charge in [-0.3, -0.25) is 9.69 Å². The Labute approximate surface area is 102 Å². The Kier molecular flexibility index (Phi) is 3.20. The van der Waals surface area contributed by atoms with E-state index in [1.807, 2.05) is 0 Å². The van der Waals surface area contributed by atoms with Gasteiger partial charge in [-0.1, -0.05) is 38.1 Å². The summed E-state index contributed by atoms with van der Waals surface area (Å²) in [6, 6.07) is 8.46. The number of hydrogen-bond donors (Lipinski definition) is 1. The SMILES string of the molecule is CC1(C)CN(CCC(=O)O)Cc2ccccc21. The second kappa shape index (κ2) is 4.49. The van der Waals surface area contributed by atoms with E-state index >= 15 is 0 Å². The zero-order valence-electron chi connectivity index (χ0n) is 10.4. The molecular weight excluding hydrogens is 214 g/mol. The first-order valence-corrected chi connectivity index (χ1v) is 6.01. The maximum atomic E-state index is 10.6. The van der Waals surface area contributed by atoms with Gasteiger partial charge in [0, 0.05) is 25.0 Å². The van der Waals surface area contributed by atoms with Gasteiger partial charge >= 0.3 is 5.97 Å². The van der Waals surface area contributed by atoms with Crippen molar-refractivity contribution in [3.63, 3.8) is 0 Å². The zero-order valence-corrected chi connectivity index (χ0v) is 10.4. The van der Waals surface area contributed by atoms with Crippen molar-refractivity contribution in [1.82, 2.24) is 4.90 Å². The van der Waals surface area contributed by atoms with Crippen molar-refractivity contribution >= 4 is 5.97 Å². The minimum atomic E-state index is -0.721. The molecule has 3 nitrogen and oxygen atoms in total. The van der Waals surface area contributed by atoms with Crippen molar-refractivity contribution < 1.29 is 9.90 Å². The summed E-state index contributed by atoms with van der Waals surface area (Å²) >= 11 is 0. The average molecular weight is 233 g/mol. The Morgan fingerprint density at radius 3 is 2.82 bits per heavy atom. The fourth-order valence-corrected chi connectivity index (χ4v) is 2.67. The third-order valence-corrected chi connectivity index (χ3v) is 3.40. The Morgan fingerprint density at radius 1 is 1.41 bits per heavy atom. The highest BCUT2D eigenvalue weighted by molar-refractivity contribution is 5.66. The minimum absolute atomic E-state index is 0.105. The molecule has 0 bridgehead atoms. The van der Waals surface area contributed by atoms with Gasteiger partial charge in [-0.25, -0.2) is 0 Å². The number of aliphatic carboxylic acids is 1. The van der Waals surface area contributed by atoms with Crippen LogP contribution < -0.4 is 0 Å². The van der Waals surface area contributed by atoms with E-state index in [9.17, 15) is 4.79 Å².